The molecule has 1 N–H and O–H groups in total. The van der Waals surface area contributed by atoms with E-state index in [0.717, 1.165) is 0 Å². The van der Waals surface area contributed by atoms with E-state index in [1.165, 1.54) is 25.7 Å². The second kappa shape index (κ2) is 6.35. The maximum Gasteiger partial charge on any atom is 0.228 e. The minimum Gasteiger partial charge on any atom is -0.344 e. The highest BCUT2D eigenvalue weighted by Gasteiger charge is 2.46. The van der Waals surface area contributed by atoms with E-state index in [-0.39, 0.29) is 0 Å². The Balaban J connectivity index is 2.67. The van der Waals surface area contributed by atoms with Gasteiger partial charge in [0.25, 0.3) is 0 Å². The molecule has 1 aliphatic carbocycles. The summed E-state index contributed by atoms with van der Waals surface area (Å²) in [6, 6.07) is 0.609. The van der Waals surface area contributed by atoms with Gasteiger partial charge in [-0.1, -0.05) is 54.4 Å². The van der Waals surface area contributed by atoms with Gasteiger partial charge in [0.2, 0.25) is 8.32 Å². The third kappa shape index (κ3) is 3.33. The van der Waals surface area contributed by atoms with Crippen molar-refractivity contribution in [3.63, 3.8) is 0 Å². The average Bonchev–Trinajstić information content (AvgIpc) is 2.69. The molecular formula is C14H31NOSi. The quantitative estimate of drug-likeness (QED) is 0.553. The highest BCUT2D eigenvalue weighted by Crippen LogP contribution is 2.41. The molecule has 0 unspecified atom stereocenters. The molecule has 1 aliphatic rings. The van der Waals surface area contributed by atoms with Crippen molar-refractivity contribution < 1.29 is 4.53 Å². The highest BCUT2D eigenvalue weighted by atomic mass is 28.4. The molecule has 0 aliphatic heterocycles. The third-order valence-corrected chi connectivity index (χ3v) is 10.4. The van der Waals surface area contributed by atoms with Gasteiger partial charge >= 0.3 is 0 Å². The second-order valence-corrected chi connectivity index (χ2v) is 11.9. The minimum atomic E-state index is -1.71. The third-order valence-electron chi connectivity index (χ3n) is 4.46. The van der Waals surface area contributed by atoms with Crippen LogP contribution < -0.4 is 5.48 Å². The Hall–Kier alpha value is 0.137. The van der Waals surface area contributed by atoms with Crippen LogP contribution in [0.3, 0.4) is 0 Å². The van der Waals surface area contributed by atoms with E-state index in [4.69, 9.17) is 4.53 Å². The molecule has 102 valence electrons. The summed E-state index contributed by atoms with van der Waals surface area (Å²) in [7, 11) is -1.71. The Kier molecular flexibility index (Phi) is 5.67. The largest absolute Gasteiger partial charge is 0.344 e. The van der Waals surface area contributed by atoms with Crippen LogP contribution in [0.5, 0.6) is 0 Å². The summed E-state index contributed by atoms with van der Waals surface area (Å²) >= 11 is 0. The van der Waals surface area contributed by atoms with Gasteiger partial charge in [-0.05, 0) is 29.5 Å². The van der Waals surface area contributed by atoms with Gasteiger partial charge in [0, 0.05) is 6.04 Å². The minimum absolute atomic E-state index is 0.609. The van der Waals surface area contributed by atoms with Gasteiger partial charge in [0.15, 0.2) is 0 Å². The Bertz CT molecular complexity index is 200. The predicted octanol–water partition coefficient (Wildman–Crippen LogP) is 4.63. The first-order valence-corrected chi connectivity index (χ1v) is 9.48. The first-order valence-electron chi connectivity index (χ1n) is 7.34. The molecule has 0 spiro atoms. The van der Waals surface area contributed by atoms with Crippen LogP contribution in [-0.2, 0) is 4.53 Å². The van der Waals surface area contributed by atoms with Gasteiger partial charge in [-0.25, -0.2) is 5.48 Å². The molecule has 0 aromatic heterocycles. The molecule has 3 heteroatoms. The summed E-state index contributed by atoms with van der Waals surface area (Å²) < 4.78 is 6.39. The smallest absolute Gasteiger partial charge is 0.228 e. The van der Waals surface area contributed by atoms with Gasteiger partial charge in [-0.2, -0.15) is 0 Å². The van der Waals surface area contributed by atoms with Crippen LogP contribution in [0.15, 0.2) is 0 Å². The summed E-state index contributed by atoms with van der Waals surface area (Å²) in [5.41, 5.74) is 5.42. The van der Waals surface area contributed by atoms with Crippen molar-refractivity contribution in [2.24, 2.45) is 0 Å². The van der Waals surface area contributed by atoms with E-state index < -0.39 is 8.32 Å². The van der Waals surface area contributed by atoms with Crippen LogP contribution in [-0.4, -0.2) is 14.4 Å². The first-order chi connectivity index (χ1) is 7.91. The topological polar surface area (TPSA) is 21.3 Å². The lowest BCUT2D eigenvalue weighted by Gasteiger charge is -2.42. The zero-order valence-corrected chi connectivity index (χ0v) is 13.5. The van der Waals surface area contributed by atoms with Crippen LogP contribution >= 0.6 is 0 Å². The van der Waals surface area contributed by atoms with Gasteiger partial charge < -0.3 is 4.53 Å². The first kappa shape index (κ1) is 15.2. The molecule has 0 amide bonds. The van der Waals surface area contributed by atoms with Crippen molar-refractivity contribution in [3.05, 3.63) is 0 Å². The Morgan fingerprint density at radius 2 is 1.29 bits per heavy atom. The van der Waals surface area contributed by atoms with Gasteiger partial charge in [-0.3, -0.25) is 0 Å². The molecule has 2 nitrogen and oxygen atoms in total. The zero-order valence-electron chi connectivity index (χ0n) is 12.5. The van der Waals surface area contributed by atoms with Crippen molar-refractivity contribution in [3.8, 4) is 0 Å². The van der Waals surface area contributed by atoms with Crippen molar-refractivity contribution in [1.82, 2.24) is 5.48 Å². The van der Waals surface area contributed by atoms with Crippen molar-refractivity contribution >= 4 is 8.32 Å². The fraction of sp³-hybridized carbons (Fsp3) is 1.00. The SMILES string of the molecule is CC(C)[Si](ONC1CCCC1)(C(C)C)C(C)C. The average molecular weight is 257 g/mol. The monoisotopic (exact) mass is 257 g/mol. The summed E-state index contributed by atoms with van der Waals surface area (Å²) in [5, 5.41) is 0. The van der Waals surface area contributed by atoms with E-state index in [1.54, 1.807) is 0 Å². The van der Waals surface area contributed by atoms with E-state index >= 15 is 0 Å². The van der Waals surface area contributed by atoms with Crippen LogP contribution in [0, 0.1) is 0 Å². The number of nitrogens with one attached hydrogen (secondary N) is 1. The zero-order chi connectivity index (χ0) is 13.1. The molecule has 0 aromatic rings. The van der Waals surface area contributed by atoms with Gasteiger partial charge in [-0.15, -0.1) is 0 Å². The number of hydroxylamine groups is 1. The maximum atomic E-state index is 6.39. The van der Waals surface area contributed by atoms with Crippen LogP contribution in [0.25, 0.3) is 0 Å². The highest BCUT2D eigenvalue weighted by molar-refractivity contribution is 6.77. The maximum absolute atomic E-state index is 6.39. The van der Waals surface area contributed by atoms with Crippen LogP contribution in [0.4, 0.5) is 0 Å². The summed E-state index contributed by atoms with van der Waals surface area (Å²) in [5.74, 6) is 0. The lowest BCUT2D eigenvalue weighted by Crippen LogP contribution is -2.52. The van der Waals surface area contributed by atoms with E-state index in [2.05, 4.69) is 47.0 Å². The molecule has 1 fully saturated rings. The lowest BCUT2D eigenvalue weighted by molar-refractivity contribution is 0.130. The molecule has 0 heterocycles. The Labute approximate surface area is 109 Å². The summed E-state index contributed by atoms with van der Waals surface area (Å²) in [6.07, 6.45) is 5.30. The molecule has 0 saturated heterocycles. The lowest BCUT2D eigenvalue weighted by atomic mass is 10.3. The summed E-state index contributed by atoms with van der Waals surface area (Å²) in [6.45, 7) is 14.0. The fourth-order valence-corrected chi connectivity index (χ4v) is 8.66. The molecule has 0 radical (unpaired) electrons. The molecule has 17 heavy (non-hydrogen) atoms. The predicted molar refractivity (Wildman–Crippen MR) is 77.5 cm³/mol. The molecule has 0 atom stereocenters. The molecule has 0 bridgehead atoms. The van der Waals surface area contributed by atoms with Gasteiger partial charge in [0.1, 0.15) is 0 Å². The Morgan fingerprint density at radius 1 is 0.882 bits per heavy atom. The van der Waals surface area contributed by atoms with Crippen molar-refractivity contribution in [2.45, 2.75) is 89.9 Å². The second-order valence-electron chi connectivity index (χ2n) is 6.52. The number of hydrogen-bond donors (Lipinski definition) is 1. The number of hydrogen-bond acceptors (Lipinski definition) is 2. The molecule has 1 saturated carbocycles. The molecule has 0 aromatic carbocycles. The number of rotatable bonds is 6. The van der Waals surface area contributed by atoms with Crippen molar-refractivity contribution in [1.29, 1.82) is 0 Å². The Morgan fingerprint density at radius 3 is 1.65 bits per heavy atom. The van der Waals surface area contributed by atoms with Gasteiger partial charge in [0.05, 0.1) is 0 Å². The van der Waals surface area contributed by atoms with E-state index in [0.29, 0.717) is 22.7 Å². The fourth-order valence-electron chi connectivity index (χ4n) is 3.58. The van der Waals surface area contributed by atoms with Crippen molar-refractivity contribution in [2.75, 3.05) is 0 Å². The summed E-state index contributed by atoms with van der Waals surface area (Å²) in [4.78, 5) is 0. The van der Waals surface area contributed by atoms with E-state index in [9.17, 15) is 0 Å². The standard InChI is InChI=1S/C14H31NOSi/c1-11(2)17(12(3)4,13(5)6)16-15-14-9-7-8-10-14/h11-15H,7-10H2,1-6H3. The van der Waals surface area contributed by atoms with Crippen LogP contribution in [0.1, 0.15) is 67.2 Å². The van der Waals surface area contributed by atoms with E-state index in [1.807, 2.05) is 0 Å². The molecular weight excluding hydrogens is 226 g/mol. The van der Waals surface area contributed by atoms with Crippen LogP contribution in [0.2, 0.25) is 16.6 Å². The normalized spacial score (nSPS) is 18.9. The molecule has 1 rings (SSSR count).